The topological polar surface area (TPSA) is 73.2 Å². The molecule has 2 fully saturated rings. The lowest BCUT2D eigenvalue weighted by Gasteiger charge is -2.28. The molecule has 0 aromatic carbocycles. The Morgan fingerprint density at radius 3 is 2.27 bits per heavy atom. The fraction of sp³-hybridized carbons (Fsp3) is 0.889. The average Bonchev–Trinajstić information content (AvgIpc) is 3.01. The van der Waals surface area contributed by atoms with Crippen LogP contribution in [-0.2, 0) is 10.2 Å². The molecule has 0 spiro atoms. The van der Waals surface area contributed by atoms with Crippen LogP contribution >= 0.6 is 0 Å². The Hall–Kier alpha value is -0.640. The Bertz CT molecular complexity index is 361. The third kappa shape index (κ3) is 2.68. The lowest BCUT2D eigenvalue weighted by atomic mass is 10.0. The molecule has 15 heavy (non-hydrogen) atoms. The monoisotopic (exact) mass is 229 g/mol. The first-order chi connectivity index (χ1) is 7.12. The van der Waals surface area contributed by atoms with Crippen molar-refractivity contribution in [1.82, 2.24) is 9.03 Å². The molecule has 1 aliphatic heterocycles. The lowest BCUT2D eigenvalue weighted by molar-refractivity contribution is 0.306. The summed E-state index contributed by atoms with van der Waals surface area (Å²) >= 11 is 0. The van der Waals surface area contributed by atoms with E-state index in [-0.39, 0.29) is 12.0 Å². The third-order valence-electron chi connectivity index (χ3n) is 2.87. The maximum absolute atomic E-state index is 11.8. The van der Waals surface area contributed by atoms with Gasteiger partial charge in [-0.3, -0.25) is 0 Å². The highest BCUT2D eigenvalue weighted by Crippen LogP contribution is 2.23. The van der Waals surface area contributed by atoms with E-state index in [9.17, 15) is 8.42 Å². The van der Waals surface area contributed by atoms with Crippen LogP contribution in [-0.4, -0.2) is 31.9 Å². The summed E-state index contributed by atoms with van der Waals surface area (Å²) in [7, 11) is -3.28. The molecular weight excluding hydrogens is 214 g/mol. The second-order valence-electron chi connectivity index (χ2n) is 4.20. The van der Waals surface area contributed by atoms with Crippen molar-refractivity contribution in [3.63, 3.8) is 0 Å². The molecule has 2 rings (SSSR count). The van der Waals surface area contributed by atoms with E-state index in [4.69, 9.17) is 5.26 Å². The second-order valence-corrected chi connectivity index (χ2v) is 5.90. The van der Waals surface area contributed by atoms with Crippen molar-refractivity contribution in [2.24, 2.45) is 5.92 Å². The van der Waals surface area contributed by atoms with Gasteiger partial charge in [0.1, 0.15) is 0 Å². The minimum Gasteiger partial charge on any atom is -0.199 e. The summed E-state index contributed by atoms with van der Waals surface area (Å²) in [5, 5.41) is 8.70. The zero-order valence-electron chi connectivity index (χ0n) is 8.52. The Kier molecular flexibility index (Phi) is 2.96. The van der Waals surface area contributed by atoms with Gasteiger partial charge in [-0.05, 0) is 25.7 Å². The molecule has 0 radical (unpaired) electrons. The number of hydrogen-bond acceptors (Lipinski definition) is 3. The standard InChI is InChI=1S/C9H15N3O2S/c10-7-8-3-5-12(6-4-8)15(13,14)11-9-1-2-9/h8-9,11H,1-6H2. The first-order valence-corrected chi connectivity index (χ1v) is 6.73. The van der Waals surface area contributed by atoms with Crippen LogP contribution in [0.25, 0.3) is 0 Å². The van der Waals surface area contributed by atoms with Crippen molar-refractivity contribution in [1.29, 1.82) is 5.26 Å². The van der Waals surface area contributed by atoms with E-state index < -0.39 is 10.2 Å². The van der Waals surface area contributed by atoms with E-state index in [2.05, 4.69) is 10.8 Å². The maximum atomic E-state index is 11.8. The highest BCUT2D eigenvalue weighted by molar-refractivity contribution is 7.87. The predicted octanol–water partition coefficient (Wildman–Crippen LogP) is 0.219. The molecule has 1 saturated carbocycles. The molecule has 0 amide bonds. The predicted molar refractivity (Wildman–Crippen MR) is 55.0 cm³/mol. The van der Waals surface area contributed by atoms with Gasteiger partial charge in [-0.1, -0.05) is 0 Å². The molecule has 5 nitrogen and oxygen atoms in total. The number of rotatable bonds is 3. The van der Waals surface area contributed by atoms with Gasteiger partial charge in [-0.15, -0.1) is 0 Å². The van der Waals surface area contributed by atoms with Crippen LogP contribution in [0.4, 0.5) is 0 Å². The number of nitriles is 1. The number of piperidine rings is 1. The molecule has 1 N–H and O–H groups in total. The van der Waals surface area contributed by atoms with Crippen LogP contribution in [0.1, 0.15) is 25.7 Å². The van der Waals surface area contributed by atoms with Crippen LogP contribution in [0, 0.1) is 17.2 Å². The summed E-state index contributed by atoms with van der Waals surface area (Å²) < 4.78 is 27.6. The summed E-state index contributed by atoms with van der Waals surface area (Å²) in [5.41, 5.74) is 0. The Morgan fingerprint density at radius 1 is 1.20 bits per heavy atom. The molecule has 1 saturated heterocycles. The zero-order valence-corrected chi connectivity index (χ0v) is 9.33. The van der Waals surface area contributed by atoms with Gasteiger partial charge in [-0.2, -0.15) is 22.7 Å². The number of hydrogen-bond donors (Lipinski definition) is 1. The number of nitrogens with one attached hydrogen (secondary N) is 1. The molecule has 0 unspecified atom stereocenters. The molecule has 6 heteroatoms. The van der Waals surface area contributed by atoms with Crippen LogP contribution in [0.5, 0.6) is 0 Å². The van der Waals surface area contributed by atoms with Gasteiger partial charge in [-0.25, -0.2) is 0 Å². The maximum Gasteiger partial charge on any atom is 0.279 e. The highest BCUT2D eigenvalue weighted by Gasteiger charge is 2.33. The fourth-order valence-corrected chi connectivity index (χ4v) is 3.21. The van der Waals surface area contributed by atoms with Gasteiger partial charge in [0.15, 0.2) is 0 Å². The van der Waals surface area contributed by atoms with Gasteiger partial charge in [0.2, 0.25) is 0 Å². The van der Waals surface area contributed by atoms with E-state index in [0.717, 1.165) is 12.8 Å². The summed E-state index contributed by atoms with van der Waals surface area (Å²) in [5.74, 6) is 0.0253. The lowest BCUT2D eigenvalue weighted by Crippen LogP contribution is -2.45. The van der Waals surface area contributed by atoms with Gasteiger partial charge in [0.05, 0.1) is 6.07 Å². The fourth-order valence-electron chi connectivity index (χ4n) is 1.71. The third-order valence-corrected chi connectivity index (χ3v) is 4.55. The molecule has 0 bridgehead atoms. The van der Waals surface area contributed by atoms with Crippen LogP contribution in [0.3, 0.4) is 0 Å². The van der Waals surface area contributed by atoms with E-state index in [0.29, 0.717) is 25.9 Å². The van der Waals surface area contributed by atoms with E-state index in [1.54, 1.807) is 0 Å². The minimum atomic E-state index is -3.28. The van der Waals surface area contributed by atoms with Crippen molar-refractivity contribution in [2.45, 2.75) is 31.7 Å². The number of nitrogens with zero attached hydrogens (tertiary/aromatic N) is 2. The summed E-state index contributed by atoms with van der Waals surface area (Å²) in [6.07, 6.45) is 3.21. The van der Waals surface area contributed by atoms with E-state index >= 15 is 0 Å². The minimum absolute atomic E-state index is 0.0253. The Morgan fingerprint density at radius 2 is 1.80 bits per heavy atom. The highest BCUT2D eigenvalue weighted by atomic mass is 32.2. The van der Waals surface area contributed by atoms with E-state index in [1.807, 2.05) is 0 Å². The molecular formula is C9H15N3O2S. The van der Waals surface area contributed by atoms with Crippen LogP contribution in [0.15, 0.2) is 0 Å². The average molecular weight is 229 g/mol. The zero-order chi connectivity index (χ0) is 10.9. The van der Waals surface area contributed by atoms with Gasteiger partial charge >= 0.3 is 0 Å². The Labute approximate surface area is 90.2 Å². The van der Waals surface area contributed by atoms with Crippen LogP contribution < -0.4 is 4.72 Å². The van der Waals surface area contributed by atoms with Crippen molar-refractivity contribution < 1.29 is 8.42 Å². The molecule has 1 heterocycles. The van der Waals surface area contributed by atoms with Gasteiger partial charge in [0, 0.05) is 25.0 Å². The summed E-state index contributed by atoms with van der Waals surface area (Å²) in [6.45, 7) is 0.945. The first-order valence-electron chi connectivity index (χ1n) is 5.29. The first kappa shape index (κ1) is 10.9. The molecule has 1 aliphatic carbocycles. The van der Waals surface area contributed by atoms with Crippen LogP contribution in [0.2, 0.25) is 0 Å². The molecule has 84 valence electrons. The molecule has 0 atom stereocenters. The van der Waals surface area contributed by atoms with Crippen molar-refractivity contribution in [2.75, 3.05) is 13.1 Å². The molecule has 0 aromatic heterocycles. The van der Waals surface area contributed by atoms with Crippen molar-refractivity contribution >= 4 is 10.2 Å². The molecule has 2 aliphatic rings. The molecule has 0 aromatic rings. The summed E-state index contributed by atoms with van der Waals surface area (Å²) in [6, 6.07) is 2.34. The van der Waals surface area contributed by atoms with Gasteiger partial charge in [0.25, 0.3) is 10.2 Å². The van der Waals surface area contributed by atoms with Crippen molar-refractivity contribution in [3.8, 4) is 6.07 Å². The largest absolute Gasteiger partial charge is 0.279 e. The smallest absolute Gasteiger partial charge is 0.199 e. The Balaban J connectivity index is 1.91. The quantitative estimate of drug-likeness (QED) is 0.752. The van der Waals surface area contributed by atoms with Gasteiger partial charge < -0.3 is 0 Å². The summed E-state index contributed by atoms with van der Waals surface area (Å²) in [4.78, 5) is 0. The normalized spacial score (nSPS) is 25.0. The van der Waals surface area contributed by atoms with E-state index in [1.165, 1.54) is 4.31 Å². The SMILES string of the molecule is N#CC1CCN(S(=O)(=O)NC2CC2)CC1. The second kappa shape index (κ2) is 4.08. The van der Waals surface area contributed by atoms with Crippen molar-refractivity contribution in [3.05, 3.63) is 0 Å².